The molecule has 0 aromatic carbocycles. The van der Waals surface area contributed by atoms with E-state index < -0.39 is 12.1 Å². The molecule has 0 bridgehead atoms. The number of rotatable bonds is 66. The Morgan fingerprint density at radius 3 is 0.987 bits per heavy atom. The largest absolute Gasteiger partial charge is 0.465 e. The van der Waals surface area contributed by atoms with Crippen LogP contribution in [0.4, 0.5) is 0 Å². The molecule has 460 valence electrons. The van der Waals surface area contributed by atoms with Gasteiger partial charge >= 0.3 is 5.97 Å². The van der Waals surface area contributed by atoms with Crippen molar-refractivity contribution >= 4 is 11.9 Å². The van der Waals surface area contributed by atoms with Crippen LogP contribution in [0.5, 0.6) is 0 Å². The molecule has 0 aromatic heterocycles. The SMILES string of the molecule is CCCCCCCCC/C=C\CCCCCCCCCC(=O)OCC/C=C\C/C=C\CCCCCCCCCCCCCCCCC(=O)NC(CO)C(O)CCCCCCCCCCCCCCCCCCCCCCCC. The molecule has 0 spiro atoms. The van der Waals surface area contributed by atoms with Crippen LogP contribution in [0.1, 0.15) is 386 Å². The third kappa shape index (κ3) is 63.3. The van der Waals surface area contributed by atoms with E-state index in [1.165, 1.54) is 302 Å². The molecule has 0 fully saturated rings. The first kappa shape index (κ1) is 76.1. The van der Waals surface area contributed by atoms with Gasteiger partial charge in [0.2, 0.25) is 5.91 Å². The summed E-state index contributed by atoms with van der Waals surface area (Å²) in [6.45, 7) is 4.87. The maximum Gasteiger partial charge on any atom is 0.305 e. The Morgan fingerprint density at radius 2 is 0.641 bits per heavy atom. The van der Waals surface area contributed by atoms with Crippen molar-refractivity contribution < 1.29 is 24.5 Å². The van der Waals surface area contributed by atoms with Crippen molar-refractivity contribution in [3.05, 3.63) is 36.5 Å². The lowest BCUT2D eigenvalue weighted by molar-refractivity contribution is -0.143. The molecular weight excluding hydrogens is 959 g/mol. The Kier molecular flexibility index (Phi) is 65.9. The molecular formula is C72H137NO5. The van der Waals surface area contributed by atoms with Gasteiger partial charge in [0.05, 0.1) is 25.4 Å². The summed E-state index contributed by atoms with van der Waals surface area (Å²) >= 11 is 0. The Hall–Kier alpha value is -1.92. The maximum atomic E-state index is 12.5. The maximum absolute atomic E-state index is 12.5. The predicted molar refractivity (Wildman–Crippen MR) is 343 cm³/mol. The zero-order valence-corrected chi connectivity index (χ0v) is 52.7. The number of allylic oxidation sites excluding steroid dienone is 5. The number of ether oxygens (including phenoxy) is 1. The second-order valence-corrected chi connectivity index (χ2v) is 24.2. The van der Waals surface area contributed by atoms with Crippen molar-refractivity contribution in [3.63, 3.8) is 0 Å². The summed E-state index contributed by atoms with van der Waals surface area (Å²) < 4.78 is 5.44. The third-order valence-corrected chi connectivity index (χ3v) is 16.4. The van der Waals surface area contributed by atoms with Gasteiger partial charge in [0.1, 0.15) is 0 Å². The highest BCUT2D eigenvalue weighted by Crippen LogP contribution is 2.19. The zero-order chi connectivity index (χ0) is 56.4. The van der Waals surface area contributed by atoms with Gasteiger partial charge in [0.15, 0.2) is 0 Å². The molecule has 2 atom stereocenters. The molecule has 0 saturated carbocycles. The lowest BCUT2D eigenvalue weighted by Crippen LogP contribution is -2.45. The van der Waals surface area contributed by atoms with Gasteiger partial charge in [0, 0.05) is 12.8 Å². The van der Waals surface area contributed by atoms with E-state index in [9.17, 15) is 19.8 Å². The molecule has 0 aromatic rings. The van der Waals surface area contributed by atoms with E-state index >= 15 is 0 Å². The van der Waals surface area contributed by atoms with Crippen LogP contribution < -0.4 is 5.32 Å². The summed E-state index contributed by atoms with van der Waals surface area (Å²) in [5, 5.41) is 23.4. The van der Waals surface area contributed by atoms with E-state index in [1.807, 2.05) is 0 Å². The van der Waals surface area contributed by atoms with Gasteiger partial charge in [-0.05, 0) is 70.6 Å². The summed E-state index contributed by atoms with van der Waals surface area (Å²) in [5.74, 6) is -0.0732. The quantitative estimate of drug-likeness (QED) is 0.0320. The van der Waals surface area contributed by atoms with Gasteiger partial charge in [-0.25, -0.2) is 0 Å². The molecule has 0 aliphatic rings. The summed E-state index contributed by atoms with van der Waals surface area (Å²) in [6.07, 6.45) is 86.3. The highest BCUT2D eigenvalue weighted by atomic mass is 16.5. The first-order chi connectivity index (χ1) is 38.5. The minimum Gasteiger partial charge on any atom is -0.465 e. The lowest BCUT2D eigenvalue weighted by atomic mass is 10.0. The van der Waals surface area contributed by atoms with Crippen molar-refractivity contribution in [2.45, 2.75) is 398 Å². The van der Waals surface area contributed by atoms with Crippen molar-refractivity contribution in [2.75, 3.05) is 13.2 Å². The number of aliphatic hydroxyl groups is 2. The Bertz CT molecular complexity index is 1260. The van der Waals surface area contributed by atoms with E-state index in [2.05, 4.69) is 55.6 Å². The van der Waals surface area contributed by atoms with Gasteiger partial charge in [-0.1, -0.05) is 339 Å². The average Bonchev–Trinajstić information content (AvgIpc) is 3.44. The smallest absolute Gasteiger partial charge is 0.305 e. The fourth-order valence-corrected chi connectivity index (χ4v) is 11.1. The van der Waals surface area contributed by atoms with E-state index in [4.69, 9.17) is 4.74 Å². The molecule has 6 heteroatoms. The first-order valence-corrected chi connectivity index (χ1v) is 35.2. The Balaban J connectivity index is 3.44. The van der Waals surface area contributed by atoms with E-state index in [-0.39, 0.29) is 18.5 Å². The number of esters is 1. The number of unbranched alkanes of at least 4 members (excludes halogenated alkanes) is 49. The second kappa shape index (κ2) is 67.6. The van der Waals surface area contributed by atoms with Gasteiger partial charge in [0.25, 0.3) is 0 Å². The average molecular weight is 1100 g/mol. The number of aliphatic hydroxyl groups excluding tert-OH is 2. The number of carbonyl (C=O) groups excluding carboxylic acids is 2. The van der Waals surface area contributed by atoms with E-state index in [1.54, 1.807) is 0 Å². The van der Waals surface area contributed by atoms with Crippen LogP contribution >= 0.6 is 0 Å². The molecule has 1 amide bonds. The van der Waals surface area contributed by atoms with Crippen molar-refractivity contribution in [1.82, 2.24) is 5.32 Å². The molecule has 6 nitrogen and oxygen atoms in total. The van der Waals surface area contributed by atoms with E-state index in [0.29, 0.717) is 25.9 Å². The summed E-state index contributed by atoms with van der Waals surface area (Å²) in [5.41, 5.74) is 0. The number of carbonyl (C=O) groups is 2. The fraction of sp³-hybridized carbons (Fsp3) is 0.889. The highest BCUT2D eigenvalue weighted by molar-refractivity contribution is 5.76. The van der Waals surface area contributed by atoms with Gasteiger partial charge in [-0.2, -0.15) is 0 Å². The number of hydrogen-bond donors (Lipinski definition) is 3. The number of hydrogen-bond acceptors (Lipinski definition) is 5. The molecule has 2 unspecified atom stereocenters. The first-order valence-electron chi connectivity index (χ1n) is 35.2. The minimum absolute atomic E-state index is 0.0359. The van der Waals surface area contributed by atoms with Crippen LogP contribution in [0, 0.1) is 0 Å². The normalized spacial score (nSPS) is 12.7. The number of amides is 1. The molecule has 0 radical (unpaired) electrons. The van der Waals surface area contributed by atoms with Crippen molar-refractivity contribution in [1.29, 1.82) is 0 Å². The van der Waals surface area contributed by atoms with Gasteiger partial charge < -0.3 is 20.3 Å². The number of nitrogens with one attached hydrogen (secondary N) is 1. The molecule has 78 heavy (non-hydrogen) atoms. The molecule has 0 aliphatic heterocycles. The standard InChI is InChI=1S/C72H137NO5/c1-3-5-7-9-11-13-15-17-19-21-23-24-26-29-32-36-40-44-48-52-56-60-64-70(75)69(68-74)73-71(76)65-61-57-53-49-45-41-37-33-30-27-25-28-31-35-39-43-47-51-55-59-63-67-78-72(77)66-62-58-54-50-46-42-38-34-22-20-18-16-14-12-10-8-6-4-2/h20,22,43,47,55,59,69-70,74-75H,3-19,21,23-42,44-46,48-54,56-58,60-68H2,1-2H3,(H,73,76)/b22-20-,47-43-,59-55-. The van der Waals surface area contributed by atoms with Crippen LogP contribution in [0.2, 0.25) is 0 Å². The monoisotopic (exact) mass is 1100 g/mol. The molecule has 0 saturated heterocycles. The molecule has 0 aliphatic carbocycles. The van der Waals surface area contributed by atoms with Crippen LogP contribution in [-0.4, -0.2) is 47.4 Å². The Labute approximate surface area is 487 Å². The fourth-order valence-electron chi connectivity index (χ4n) is 11.1. The van der Waals surface area contributed by atoms with Gasteiger partial charge in [-0.15, -0.1) is 0 Å². The van der Waals surface area contributed by atoms with Crippen molar-refractivity contribution in [3.8, 4) is 0 Å². The third-order valence-electron chi connectivity index (χ3n) is 16.4. The summed E-state index contributed by atoms with van der Waals surface area (Å²) in [6, 6.07) is -0.547. The lowest BCUT2D eigenvalue weighted by Gasteiger charge is -2.22. The summed E-state index contributed by atoms with van der Waals surface area (Å²) in [7, 11) is 0. The van der Waals surface area contributed by atoms with Crippen LogP contribution in [0.15, 0.2) is 36.5 Å². The van der Waals surface area contributed by atoms with Crippen LogP contribution in [0.25, 0.3) is 0 Å². The Morgan fingerprint density at radius 1 is 0.359 bits per heavy atom. The topological polar surface area (TPSA) is 95.9 Å². The predicted octanol–water partition coefficient (Wildman–Crippen LogP) is 22.7. The molecule has 0 heterocycles. The zero-order valence-electron chi connectivity index (χ0n) is 52.7. The minimum atomic E-state index is -0.670. The van der Waals surface area contributed by atoms with Crippen LogP contribution in [-0.2, 0) is 14.3 Å². The van der Waals surface area contributed by atoms with Crippen molar-refractivity contribution in [2.24, 2.45) is 0 Å². The van der Waals surface area contributed by atoms with E-state index in [0.717, 1.165) is 51.4 Å². The second-order valence-electron chi connectivity index (χ2n) is 24.2. The molecule has 0 rings (SSSR count). The molecule has 3 N–H and O–H groups in total. The van der Waals surface area contributed by atoms with Gasteiger partial charge in [-0.3, -0.25) is 9.59 Å². The highest BCUT2D eigenvalue weighted by Gasteiger charge is 2.20. The van der Waals surface area contributed by atoms with Crippen LogP contribution in [0.3, 0.4) is 0 Å². The summed E-state index contributed by atoms with van der Waals surface area (Å²) in [4.78, 5) is 24.6.